The topological polar surface area (TPSA) is 57.6 Å². The Balaban J connectivity index is 1.91. The highest BCUT2D eigenvalue weighted by Crippen LogP contribution is 2.17. The van der Waals surface area contributed by atoms with Crippen molar-refractivity contribution in [2.45, 2.75) is 12.8 Å². The molecular formula is C15H16FNO3. The maximum Gasteiger partial charge on any atom is 0.306 e. The number of hydrogen-bond acceptors (Lipinski definition) is 2. The highest BCUT2D eigenvalue weighted by atomic mass is 19.1. The van der Waals surface area contributed by atoms with Crippen LogP contribution < -0.4 is 0 Å². The molecule has 20 heavy (non-hydrogen) atoms. The van der Waals surface area contributed by atoms with Crippen molar-refractivity contribution in [1.29, 1.82) is 0 Å². The van der Waals surface area contributed by atoms with Gasteiger partial charge in [0, 0.05) is 19.2 Å². The Hall–Kier alpha value is -2.17. The maximum absolute atomic E-state index is 13.0. The molecule has 2 rings (SSSR count). The van der Waals surface area contributed by atoms with Gasteiger partial charge in [-0.1, -0.05) is 12.1 Å². The number of likely N-dealkylation sites (tertiary alicyclic amines) is 1. The first-order valence-corrected chi connectivity index (χ1v) is 6.51. The Morgan fingerprint density at radius 1 is 1.30 bits per heavy atom. The number of carboxylic acid groups (broad SMARTS) is 1. The molecule has 0 spiro atoms. The van der Waals surface area contributed by atoms with Gasteiger partial charge >= 0.3 is 5.97 Å². The van der Waals surface area contributed by atoms with E-state index in [1.54, 1.807) is 23.1 Å². The van der Waals surface area contributed by atoms with E-state index >= 15 is 0 Å². The number of benzene rings is 1. The molecule has 5 heteroatoms. The van der Waals surface area contributed by atoms with Gasteiger partial charge < -0.3 is 10.0 Å². The third-order valence-corrected chi connectivity index (χ3v) is 3.42. The minimum Gasteiger partial charge on any atom is -0.481 e. The summed E-state index contributed by atoms with van der Waals surface area (Å²) >= 11 is 0. The zero-order chi connectivity index (χ0) is 14.5. The van der Waals surface area contributed by atoms with Crippen LogP contribution in [0.2, 0.25) is 0 Å². The molecule has 1 aromatic carbocycles. The van der Waals surface area contributed by atoms with E-state index in [1.807, 2.05) is 0 Å². The van der Waals surface area contributed by atoms with Gasteiger partial charge in [-0.2, -0.15) is 0 Å². The molecule has 0 aliphatic carbocycles. The fourth-order valence-corrected chi connectivity index (χ4v) is 2.23. The number of halogens is 1. The van der Waals surface area contributed by atoms with Gasteiger partial charge in [0.25, 0.3) is 0 Å². The second-order valence-corrected chi connectivity index (χ2v) is 4.83. The van der Waals surface area contributed by atoms with Crippen molar-refractivity contribution in [1.82, 2.24) is 4.90 Å². The highest BCUT2D eigenvalue weighted by molar-refractivity contribution is 5.91. The SMILES string of the molecule is O=C(O)C1CCN(C(=O)/C=C/c2cccc(F)c2)CC1. The van der Waals surface area contributed by atoms with Crippen LogP contribution >= 0.6 is 0 Å². The van der Waals surface area contributed by atoms with Crippen LogP contribution in [0.1, 0.15) is 18.4 Å². The number of nitrogens with zero attached hydrogens (tertiary/aromatic N) is 1. The first kappa shape index (κ1) is 14.2. The Kier molecular flexibility index (Phi) is 4.50. The van der Waals surface area contributed by atoms with Crippen molar-refractivity contribution in [3.63, 3.8) is 0 Å². The molecule has 1 aromatic rings. The number of rotatable bonds is 3. The molecule has 1 aliphatic rings. The number of carbonyl (C=O) groups is 2. The number of carbonyl (C=O) groups excluding carboxylic acids is 1. The lowest BCUT2D eigenvalue weighted by Gasteiger charge is -2.29. The molecule has 0 bridgehead atoms. The molecular weight excluding hydrogens is 261 g/mol. The molecule has 1 amide bonds. The predicted octanol–water partition coefficient (Wildman–Crippen LogP) is 2.16. The van der Waals surface area contributed by atoms with E-state index in [-0.39, 0.29) is 17.6 Å². The standard InChI is InChI=1S/C15H16FNO3/c16-13-3-1-2-11(10-13)4-5-14(18)17-8-6-12(7-9-17)15(19)20/h1-5,10,12H,6-9H2,(H,19,20)/b5-4+. The third kappa shape index (κ3) is 3.66. The molecule has 0 radical (unpaired) electrons. The average molecular weight is 277 g/mol. The van der Waals surface area contributed by atoms with E-state index in [2.05, 4.69) is 0 Å². The quantitative estimate of drug-likeness (QED) is 0.861. The Bertz CT molecular complexity index is 534. The van der Waals surface area contributed by atoms with Crippen LogP contribution in [-0.4, -0.2) is 35.0 Å². The van der Waals surface area contributed by atoms with Gasteiger partial charge in [0.15, 0.2) is 0 Å². The van der Waals surface area contributed by atoms with Gasteiger partial charge in [0.05, 0.1) is 5.92 Å². The normalized spacial score (nSPS) is 16.6. The summed E-state index contributed by atoms with van der Waals surface area (Å²) in [5.41, 5.74) is 0.624. The zero-order valence-corrected chi connectivity index (χ0v) is 11.0. The second-order valence-electron chi connectivity index (χ2n) is 4.83. The first-order valence-electron chi connectivity index (χ1n) is 6.51. The smallest absolute Gasteiger partial charge is 0.306 e. The number of piperidine rings is 1. The fourth-order valence-electron chi connectivity index (χ4n) is 2.23. The summed E-state index contributed by atoms with van der Waals surface area (Å²) in [4.78, 5) is 24.4. The van der Waals surface area contributed by atoms with Crippen molar-refractivity contribution in [3.8, 4) is 0 Å². The van der Waals surface area contributed by atoms with Crippen molar-refractivity contribution in [2.24, 2.45) is 5.92 Å². The third-order valence-electron chi connectivity index (χ3n) is 3.42. The van der Waals surface area contributed by atoms with Gasteiger partial charge in [0.1, 0.15) is 5.82 Å². The zero-order valence-electron chi connectivity index (χ0n) is 11.0. The van der Waals surface area contributed by atoms with Crippen molar-refractivity contribution < 1.29 is 19.1 Å². The lowest BCUT2D eigenvalue weighted by atomic mass is 9.97. The van der Waals surface area contributed by atoms with Gasteiger partial charge in [-0.25, -0.2) is 4.39 Å². The van der Waals surface area contributed by atoms with Crippen LogP contribution in [0.15, 0.2) is 30.3 Å². The molecule has 0 unspecified atom stereocenters. The van der Waals surface area contributed by atoms with Crippen LogP contribution in [0.4, 0.5) is 4.39 Å². The van der Waals surface area contributed by atoms with Gasteiger partial charge in [0.2, 0.25) is 5.91 Å². The van der Waals surface area contributed by atoms with Crippen molar-refractivity contribution in [3.05, 3.63) is 41.7 Å². The summed E-state index contributed by atoms with van der Waals surface area (Å²) in [6.07, 6.45) is 3.92. The molecule has 1 saturated heterocycles. The molecule has 0 saturated carbocycles. The van der Waals surface area contributed by atoms with E-state index in [1.165, 1.54) is 18.2 Å². The molecule has 1 fully saturated rings. The number of carboxylic acids is 1. The minimum atomic E-state index is -0.799. The Morgan fingerprint density at radius 2 is 2.00 bits per heavy atom. The number of aliphatic carboxylic acids is 1. The van der Waals surface area contributed by atoms with E-state index in [0.717, 1.165) is 0 Å². The van der Waals surface area contributed by atoms with Crippen LogP contribution in [0.3, 0.4) is 0 Å². The van der Waals surface area contributed by atoms with E-state index in [4.69, 9.17) is 5.11 Å². The summed E-state index contributed by atoms with van der Waals surface area (Å²) in [5, 5.41) is 8.89. The van der Waals surface area contributed by atoms with E-state index in [9.17, 15) is 14.0 Å². The van der Waals surface area contributed by atoms with Gasteiger partial charge in [-0.3, -0.25) is 9.59 Å². The van der Waals surface area contributed by atoms with Crippen molar-refractivity contribution in [2.75, 3.05) is 13.1 Å². The predicted molar refractivity (Wildman–Crippen MR) is 72.4 cm³/mol. The first-order chi connectivity index (χ1) is 9.56. The highest BCUT2D eigenvalue weighted by Gasteiger charge is 2.25. The lowest BCUT2D eigenvalue weighted by Crippen LogP contribution is -2.39. The molecule has 0 aromatic heterocycles. The largest absolute Gasteiger partial charge is 0.481 e. The molecule has 1 aliphatic heterocycles. The number of hydrogen-bond donors (Lipinski definition) is 1. The lowest BCUT2D eigenvalue weighted by molar-refractivity contribution is -0.144. The summed E-state index contributed by atoms with van der Waals surface area (Å²) in [6, 6.07) is 5.98. The molecule has 1 heterocycles. The van der Waals surface area contributed by atoms with Crippen LogP contribution in [0, 0.1) is 11.7 Å². The van der Waals surface area contributed by atoms with Crippen LogP contribution in [0.5, 0.6) is 0 Å². The summed E-state index contributed by atoms with van der Waals surface area (Å²) in [5.74, 6) is -1.67. The summed E-state index contributed by atoms with van der Waals surface area (Å²) in [7, 11) is 0. The molecule has 1 N–H and O–H groups in total. The molecule has 0 atom stereocenters. The average Bonchev–Trinajstić information content (AvgIpc) is 2.45. The summed E-state index contributed by atoms with van der Waals surface area (Å²) < 4.78 is 13.0. The number of amides is 1. The molecule has 4 nitrogen and oxygen atoms in total. The minimum absolute atomic E-state index is 0.168. The van der Waals surface area contributed by atoms with Crippen LogP contribution in [0.25, 0.3) is 6.08 Å². The van der Waals surface area contributed by atoms with E-state index < -0.39 is 5.97 Å². The van der Waals surface area contributed by atoms with Gasteiger partial charge in [-0.15, -0.1) is 0 Å². The monoisotopic (exact) mass is 277 g/mol. The fraction of sp³-hybridized carbons (Fsp3) is 0.333. The Morgan fingerprint density at radius 3 is 2.60 bits per heavy atom. The van der Waals surface area contributed by atoms with E-state index in [0.29, 0.717) is 31.5 Å². The van der Waals surface area contributed by atoms with Crippen LogP contribution in [-0.2, 0) is 9.59 Å². The Labute approximate surface area is 116 Å². The second kappa shape index (κ2) is 6.32. The van der Waals surface area contributed by atoms with Crippen molar-refractivity contribution >= 4 is 18.0 Å². The van der Waals surface area contributed by atoms with Gasteiger partial charge in [-0.05, 0) is 36.6 Å². The maximum atomic E-state index is 13.0. The summed E-state index contributed by atoms with van der Waals surface area (Å²) in [6.45, 7) is 0.895. The molecule has 106 valence electrons.